The fourth-order valence-electron chi connectivity index (χ4n) is 5.66. The Bertz CT molecular complexity index is 785. The molecule has 2 aromatic rings. The Balaban J connectivity index is 0.00000800. The monoisotopic (exact) mass is 664 g/mol. The molecule has 0 unspecified atom stereocenters. The Hall–Kier alpha value is -1.01. The minimum atomic E-state index is 0. The molecule has 228 valence electrons. The summed E-state index contributed by atoms with van der Waals surface area (Å²) in [4.78, 5) is 4.20. The molecule has 0 aliphatic heterocycles. The van der Waals surface area contributed by atoms with E-state index in [1.54, 1.807) is 0 Å². The predicted octanol–water partition coefficient (Wildman–Crippen LogP) is 6.73. The van der Waals surface area contributed by atoms with Crippen LogP contribution in [0.15, 0.2) is 49.1 Å². The van der Waals surface area contributed by atoms with Gasteiger partial charge in [0, 0.05) is 37.1 Å². The zero-order valence-electron chi connectivity index (χ0n) is 25.7. The summed E-state index contributed by atoms with van der Waals surface area (Å²) in [6, 6.07) is 8.80. The van der Waals surface area contributed by atoms with Crippen LogP contribution in [0.1, 0.15) is 152 Å². The minimum Gasteiger partial charge on any atom is -1.00 e. The second-order valence-corrected chi connectivity index (χ2v) is 11.8. The smallest absolute Gasteiger partial charge is 0.171 e. The van der Waals surface area contributed by atoms with Crippen LogP contribution < -0.4 is 28.5 Å². The number of aliphatic hydroxyl groups excluding tert-OH is 1. The topological polar surface area (TPSA) is 37.0 Å². The van der Waals surface area contributed by atoms with Gasteiger partial charge in [-0.15, -0.1) is 0 Å². The summed E-state index contributed by atoms with van der Waals surface area (Å²) in [5, 5.41) is 8.81. The molecule has 0 amide bonds. The van der Waals surface area contributed by atoms with Gasteiger partial charge in [0.1, 0.15) is 6.54 Å². The van der Waals surface area contributed by atoms with Crippen LogP contribution in [0.5, 0.6) is 0 Å². The summed E-state index contributed by atoms with van der Waals surface area (Å²) in [7, 11) is 0. The lowest BCUT2D eigenvalue weighted by Gasteiger charge is -2.04. The van der Waals surface area contributed by atoms with E-state index in [1.807, 2.05) is 18.5 Å². The molecule has 0 aliphatic carbocycles. The molecule has 0 saturated carbocycles. The van der Waals surface area contributed by atoms with Crippen LogP contribution in [-0.4, -0.2) is 16.7 Å². The van der Waals surface area contributed by atoms with Crippen molar-refractivity contribution in [3.63, 3.8) is 0 Å². The van der Waals surface area contributed by atoms with Crippen molar-refractivity contribution in [1.29, 1.82) is 0 Å². The largest absolute Gasteiger partial charge is 1.00 e. The molecule has 2 aromatic heterocycles. The summed E-state index contributed by atoms with van der Waals surface area (Å²) in [6.45, 7) is 1.53. The van der Waals surface area contributed by atoms with Gasteiger partial charge < -0.3 is 29.1 Å². The van der Waals surface area contributed by atoms with Gasteiger partial charge in [0.05, 0.1) is 0 Å². The number of pyridine rings is 2. The second-order valence-electron chi connectivity index (χ2n) is 11.8. The van der Waals surface area contributed by atoms with Gasteiger partial charge in [0.15, 0.2) is 12.4 Å². The molecular weight excluding hydrogens is 603 g/mol. The summed E-state index contributed by atoms with van der Waals surface area (Å²) in [5.41, 5.74) is 2.89. The fourth-order valence-corrected chi connectivity index (χ4v) is 5.66. The van der Waals surface area contributed by atoms with Crippen LogP contribution in [0, 0.1) is 0 Å². The molecule has 1 N–H and O–H groups in total. The third kappa shape index (κ3) is 21.7. The van der Waals surface area contributed by atoms with E-state index < -0.39 is 0 Å². The van der Waals surface area contributed by atoms with Gasteiger partial charge in [0.2, 0.25) is 0 Å². The molecule has 0 radical (unpaired) electrons. The van der Waals surface area contributed by atoms with Gasteiger partial charge in [-0.3, -0.25) is 4.98 Å². The van der Waals surface area contributed by atoms with E-state index in [4.69, 9.17) is 5.11 Å². The zero-order chi connectivity index (χ0) is 27.5. The highest BCUT2D eigenvalue weighted by Gasteiger charge is 2.03. The molecule has 0 fully saturated rings. The normalized spacial score (nSPS) is 11.0. The molecule has 0 aliphatic rings. The zero-order valence-corrected chi connectivity index (χ0v) is 27.9. The van der Waals surface area contributed by atoms with Crippen molar-refractivity contribution in [3.05, 3.63) is 60.2 Å². The van der Waals surface area contributed by atoms with Crippen molar-refractivity contribution in [2.75, 3.05) is 6.61 Å². The van der Waals surface area contributed by atoms with Crippen molar-refractivity contribution < 1.29 is 33.7 Å². The van der Waals surface area contributed by atoms with Gasteiger partial charge in [0.25, 0.3) is 0 Å². The Morgan fingerprint density at radius 2 is 0.975 bits per heavy atom. The summed E-state index contributed by atoms with van der Waals surface area (Å²) >= 11 is 0. The molecule has 0 saturated heterocycles. The molecule has 2 rings (SSSR count). The second kappa shape index (κ2) is 28.1. The predicted molar refractivity (Wildman–Crippen MR) is 167 cm³/mol. The van der Waals surface area contributed by atoms with Crippen LogP contribution in [-0.2, 0) is 19.4 Å². The van der Waals surface area contributed by atoms with Crippen LogP contribution in [0.2, 0.25) is 0 Å². The highest BCUT2D eigenvalue weighted by molar-refractivity contribution is 5.08. The van der Waals surface area contributed by atoms with Crippen LogP contribution >= 0.6 is 0 Å². The minimum absolute atomic E-state index is 0. The SMILES string of the molecule is OCCCCCCCCCCCCCc1ccc[n+](CCCCCCCCCCCCCc2cccnc2)c1.[I-]. The molecule has 0 atom stereocenters. The summed E-state index contributed by atoms with van der Waals surface area (Å²) in [5.74, 6) is 0. The van der Waals surface area contributed by atoms with E-state index >= 15 is 0 Å². The van der Waals surface area contributed by atoms with Gasteiger partial charge in [-0.1, -0.05) is 115 Å². The molecular formula is C36H61IN2O. The van der Waals surface area contributed by atoms with E-state index in [2.05, 4.69) is 40.1 Å². The van der Waals surface area contributed by atoms with E-state index in [1.165, 1.54) is 165 Å². The Morgan fingerprint density at radius 3 is 1.48 bits per heavy atom. The summed E-state index contributed by atoms with van der Waals surface area (Å²) < 4.78 is 2.42. The van der Waals surface area contributed by atoms with E-state index in [0.29, 0.717) is 6.61 Å². The molecule has 2 heterocycles. The number of halogens is 1. The fraction of sp³-hybridized carbons (Fsp3) is 0.722. The van der Waals surface area contributed by atoms with Crippen LogP contribution in [0.4, 0.5) is 0 Å². The Morgan fingerprint density at radius 1 is 0.525 bits per heavy atom. The van der Waals surface area contributed by atoms with Crippen molar-refractivity contribution >= 4 is 0 Å². The van der Waals surface area contributed by atoms with Crippen molar-refractivity contribution in [2.24, 2.45) is 0 Å². The maximum atomic E-state index is 8.81. The highest BCUT2D eigenvalue weighted by atomic mass is 127. The molecule has 0 spiro atoms. The van der Waals surface area contributed by atoms with Gasteiger partial charge in [-0.05, 0) is 56.2 Å². The third-order valence-corrected chi connectivity index (χ3v) is 8.15. The number of hydrogen-bond acceptors (Lipinski definition) is 2. The lowest BCUT2D eigenvalue weighted by Crippen LogP contribution is -3.00. The highest BCUT2D eigenvalue weighted by Crippen LogP contribution is 2.14. The van der Waals surface area contributed by atoms with Gasteiger partial charge in [-0.2, -0.15) is 0 Å². The molecule has 0 bridgehead atoms. The number of aryl methyl sites for hydroxylation is 3. The Kier molecular flexibility index (Phi) is 26.0. The van der Waals surface area contributed by atoms with Crippen LogP contribution in [0.25, 0.3) is 0 Å². The van der Waals surface area contributed by atoms with E-state index in [-0.39, 0.29) is 24.0 Å². The van der Waals surface area contributed by atoms with Crippen molar-refractivity contribution in [1.82, 2.24) is 4.98 Å². The average Bonchev–Trinajstić information content (AvgIpc) is 2.97. The first kappa shape index (κ1) is 37.0. The Labute approximate surface area is 265 Å². The molecule has 4 heteroatoms. The molecule has 0 aromatic carbocycles. The number of aliphatic hydroxyl groups is 1. The quantitative estimate of drug-likeness (QED) is 0.0654. The first-order valence-corrected chi connectivity index (χ1v) is 16.9. The molecule has 40 heavy (non-hydrogen) atoms. The van der Waals surface area contributed by atoms with Crippen LogP contribution in [0.3, 0.4) is 0 Å². The number of aromatic nitrogens is 2. The lowest BCUT2D eigenvalue weighted by molar-refractivity contribution is -0.697. The standard InChI is InChI=1S/C36H61N2O.HI/c39-32-22-18-14-10-6-2-4-8-12-16-20-26-36-28-24-31-38(34-36)30-21-17-13-9-5-1-3-7-11-15-19-25-35-27-23-29-37-33-35;/h23-24,27-29,31,33-34,39H,1-22,25-26,30,32H2;1H/q+1;/p-1. The number of unbranched alkanes of at least 4 members (excludes halogenated alkanes) is 20. The third-order valence-electron chi connectivity index (χ3n) is 8.15. The van der Waals surface area contributed by atoms with Crippen molar-refractivity contribution in [2.45, 2.75) is 161 Å². The maximum absolute atomic E-state index is 8.81. The maximum Gasteiger partial charge on any atom is 0.171 e. The summed E-state index contributed by atoms with van der Waals surface area (Å²) in [6.07, 6.45) is 40.7. The van der Waals surface area contributed by atoms with Gasteiger partial charge in [-0.25, -0.2) is 4.57 Å². The van der Waals surface area contributed by atoms with Crippen molar-refractivity contribution in [3.8, 4) is 0 Å². The van der Waals surface area contributed by atoms with E-state index in [0.717, 1.165) is 6.42 Å². The first-order chi connectivity index (χ1) is 19.4. The average molecular weight is 665 g/mol. The number of rotatable bonds is 27. The van der Waals surface area contributed by atoms with E-state index in [9.17, 15) is 0 Å². The number of nitrogens with zero attached hydrogens (tertiary/aromatic N) is 2. The number of hydrogen-bond donors (Lipinski definition) is 1. The first-order valence-electron chi connectivity index (χ1n) is 16.9. The van der Waals surface area contributed by atoms with Gasteiger partial charge >= 0.3 is 0 Å². The molecule has 3 nitrogen and oxygen atoms in total. The lowest BCUT2D eigenvalue weighted by atomic mass is 10.0.